The molecule has 1 fully saturated rings. The molecule has 0 saturated carbocycles. The van der Waals surface area contributed by atoms with Crippen LogP contribution in [0, 0.1) is 5.41 Å². The number of carbonyl (C=O) groups excluding carboxylic acids is 1. The maximum atomic E-state index is 11.6. The molecule has 0 bridgehead atoms. The maximum Gasteiger partial charge on any atom is 0.266 e. The third kappa shape index (κ3) is 1.94. The van der Waals surface area contributed by atoms with Crippen molar-refractivity contribution in [2.24, 2.45) is 0 Å². The lowest BCUT2D eigenvalue weighted by Crippen LogP contribution is -2.22. The minimum Gasteiger partial charge on any atom is -0.290 e. The molecule has 1 aliphatic rings. The van der Waals surface area contributed by atoms with Crippen LogP contribution < -0.4 is 0 Å². The largest absolute Gasteiger partial charge is 0.290 e. The fraction of sp³-hybridized carbons (Fsp3) is 0.0909. The first-order valence-corrected chi connectivity index (χ1v) is 5.31. The zero-order chi connectivity index (χ0) is 10.8. The van der Waals surface area contributed by atoms with Crippen LogP contribution >= 0.6 is 11.8 Å². The van der Waals surface area contributed by atoms with Gasteiger partial charge in [0.15, 0.2) is 5.17 Å². The minimum absolute atomic E-state index is 0.103. The Morgan fingerprint density at radius 2 is 2.00 bits per heavy atom. The molecule has 15 heavy (non-hydrogen) atoms. The molecule has 4 heteroatoms. The average molecular weight is 218 g/mol. The van der Waals surface area contributed by atoms with Crippen molar-refractivity contribution >= 4 is 28.9 Å². The summed E-state index contributed by atoms with van der Waals surface area (Å²) in [5, 5.41) is 7.79. The predicted octanol–water partition coefficient (Wildman–Crippen LogP) is 2.17. The van der Waals surface area contributed by atoms with Crippen molar-refractivity contribution in [3.8, 4) is 0 Å². The molecule has 1 aromatic rings. The minimum atomic E-state index is -0.103. The van der Waals surface area contributed by atoms with E-state index in [-0.39, 0.29) is 11.1 Å². The fourth-order valence-electron chi connectivity index (χ4n) is 1.27. The van der Waals surface area contributed by atoms with Gasteiger partial charge in [0.25, 0.3) is 5.91 Å². The number of nitrogens with one attached hydrogen (secondary N) is 1. The molecule has 1 saturated heterocycles. The molecule has 0 radical (unpaired) electrons. The molecule has 1 aliphatic heterocycles. The highest BCUT2D eigenvalue weighted by molar-refractivity contribution is 8.18. The van der Waals surface area contributed by atoms with Crippen molar-refractivity contribution < 1.29 is 4.79 Å². The van der Waals surface area contributed by atoms with Crippen LogP contribution in [0.3, 0.4) is 0 Å². The van der Waals surface area contributed by atoms with E-state index in [0.717, 1.165) is 5.56 Å². The summed E-state index contributed by atoms with van der Waals surface area (Å²) in [6.07, 6.45) is 1.81. The van der Waals surface area contributed by atoms with Crippen LogP contribution in [0.5, 0.6) is 0 Å². The number of benzene rings is 1. The number of nitrogens with zero attached hydrogens (tertiary/aromatic N) is 1. The number of amidine groups is 1. The van der Waals surface area contributed by atoms with E-state index in [9.17, 15) is 4.79 Å². The van der Waals surface area contributed by atoms with Crippen molar-refractivity contribution in [3.05, 3.63) is 40.8 Å². The number of carbonyl (C=O) groups is 1. The van der Waals surface area contributed by atoms with E-state index in [2.05, 4.69) is 0 Å². The summed E-state index contributed by atoms with van der Waals surface area (Å²) < 4.78 is 0. The zero-order valence-corrected chi connectivity index (χ0v) is 9.04. The summed E-state index contributed by atoms with van der Waals surface area (Å²) in [7, 11) is 1.61. The summed E-state index contributed by atoms with van der Waals surface area (Å²) >= 11 is 1.20. The van der Waals surface area contributed by atoms with Gasteiger partial charge in [-0.25, -0.2) is 0 Å². The molecule has 1 aromatic carbocycles. The van der Waals surface area contributed by atoms with Crippen molar-refractivity contribution in [1.82, 2.24) is 4.90 Å². The second-order valence-electron chi connectivity index (χ2n) is 3.19. The van der Waals surface area contributed by atoms with Gasteiger partial charge in [-0.2, -0.15) is 0 Å². The Labute approximate surface area is 92.3 Å². The quantitative estimate of drug-likeness (QED) is 0.734. The number of thioether (sulfide) groups is 1. The van der Waals surface area contributed by atoms with Gasteiger partial charge >= 0.3 is 0 Å². The maximum absolute atomic E-state index is 11.6. The van der Waals surface area contributed by atoms with Gasteiger partial charge in [0.05, 0.1) is 4.91 Å². The summed E-state index contributed by atoms with van der Waals surface area (Å²) in [5.41, 5.74) is 0.983. The Morgan fingerprint density at radius 1 is 1.33 bits per heavy atom. The van der Waals surface area contributed by atoms with Crippen LogP contribution in [-0.2, 0) is 4.79 Å². The van der Waals surface area contributed by atoms with Crippen LogP contribution in [0.25, 0.3) is 6.08 Å². The molecule has 1 heterocycles. The molecule has 0 aromatic heterocycles. The van der Waals surface area contributed by atoms with Gasteiger partial charge in [0.1, 0.15) is 0 Å². The molecule has 1 amide bonds. The van der Waals surface area contributed by atoms with E-state index in [1.807, 2.05) is 36.4 Å². The molecule has 0 aliphatic carbocycles. The number of rotatable bonds is 1. The van der Waals surface area contributed by atoms with Crippen molar-refractivity contribution in [2.75, 3.05) is 7.05 Å². The highest BCUT2D eigenvalue weighted by Crippen LogP contribution is 2.30. The number of hydrogen-bond donors (Lipinski definition) is 1. The molecule has 0 spiro atoms. The van der Waals surface area contributed by atoms with Crippen molar-refractivity contribution in [2.45, 2.75) is 0 Å². The normalized spacial score (nSPS) is 19.0. The third-order valence-corrected chi connectivity index (χ3v) is 3.10. The lowest BCUT2D eigenvalue weighted by atomic mass is 10.2. The van der Waals surface area contributed by atoms with Crippen LogP contribution in [0.15, 0.2) is 35.2 Å². The van der Waals surface area contributed by atoms with E-state index in [1.165, 1.54) is 16.7 Å². The van der Waals surface area contributed by atoms with E-state index in [1.54, 1.807) is 7.05 Å². The summed E-state index contributed by atoms with van der Waals surface area (Å²) in [5.74, 6) is -0.103. The van der Waals surface area contributed by atoms with Crippen LogP contribution in [0.1, 0.15) is 5.56 Å². The Balaban J connectivity index is 2.30. The first-order valence-electron chi connectivity index (χ1n) is 4.49. The predicted molar refractivity (Wildman–Crippen MR) is 62.5 cm³/mol. The Kier molecular flexibility index (Phi) is 2.60. The monoisotopic (exact) mass is 218 g/mol. The zero-order valence-electron chi connectivity index (χ0n) is 8.23. The Morgan fingerprint density at radius 3 is 2.53 bits per heavy atom. The number of hydrogen-bond acceptors (Lipinski definition) is 3. The molecule has 0 unspecified atom stereocenters. The molecule has 1 N–H and O–H groups in total. The second kappa shape index (κ2) is 3.90. The van der Waals surface area contributed by atoms with Crippen LogP contribution in [-0.4, -0.2) is 23.0 Å². The molecular weight excluding hydrogens is 208 g/mol. The van der Waals surface area contributed by atoms with Crippen molar-refractivity contribution in [1.29, 1.82) is 5.41 Å². The summed E-state index contributed by atoms with van der Waals surface area (Å²) in [6, 6.07) is 9.64. The lowest BCUT2D eigenvalue weighted by molar-refractivity contribution is -0.121. The van der Waals surface area contributed by atoms with Crippen LogP contribution in [0.2, 0.25) is 0 Å². The Bertz CT molecular complexity index is 439. The van der Waals surface area contributed by atoms with Gasteiger partial charge in [-0.15, -0.1) is 0 Å². The molecule has 0 atom stereocenters. The second-order valence-corrected chi connectivity index (χ2v) is 4.22. The number of likely N-dealkylation sites (N-methyl/N-ethyl adjacent to an activating group) is 1. The number of amides is 1. The van der Waals surface area contributed by atoms with Gasteiger partial charge in [0, 0.05) is 7.05 Å². The summed E-state index contributed by atoms with van der Waals surface area (Å²) in [4.78, 5) is 13.6. The van der Waals surface area contributed by atoms with E-state index < -0.39 is 0 Å². The SMILES string of the molecule is CN1C(=N)S/C(=C/c2ccccc2)C1=O. The molecule has 76 valence electrons. The topological polar surface area (TPSA) is 44.2 Å². The highest BCUT2D eigenvalue weighted by Gasteiger charge is 2.28. The standard InChI is InChI=1S/C11H10N2OS/c1-13-10(14)9(15-11(13)12)7-8-5-3-2-4-6-8/h2-7,12H,1H3/b9-7+,12-11?. The average Bonchev–Trinajstić information content (AvgIpc) is 2.48. The smallest absolute Gasteiger partial charge is 0.266 e. The van der Waals surface area contributed by atoms with Gasteiger partial charge in [-0.3, -0.25) is 15.1 Å². The van der Waals surface area contributed by atoms with E-state index in [0.29, 0.717) is 4.91 Å². The third-order valence-electron chi connectivity index (χ3n) is 2.12. The molecule has 3 nitrogen and oxygen atoms in total. The van der Waals surface area contributed by atoms with Gasteiger partial charge in [-0.1, -0.05) is 30.3 Å². The highest BCUT2D eigenvalue weighted by atomic mass is 32.2. The lowest BCUT2D eigenvalue weighted by Gasteiger charge is -2.03. The van der Waals surface area contributed by atoms with Gasteiger partial charge in [0.2, 0.25) is 0 Å². The van der Waals surface area contributed by atoms with E-state index >= 15 is 0 Å². The van der Waals surface area contributed by atoms with Gasteiger partial charge < -0.3 is 0 Å². The molecular formula is C11H10N2OS. The fourth-order valence-corrected chi connectivity index (χ4v) is 2.11. The first kappa shape index (κ1) is 9.98. The van der Waals surface area contributed by atoms with E-state index in [4.69, 9.17) is 5.41 Å². The Hall–Kier alpha value is -1.55. The molecule has 2 rings (SSSR count). The summed E-state index contributed by atoms with van der Waals surface area (Å²) in [6.45, 7) is 0. The van der Waals surface area contributed by atoms with Crippen molar-refractivity contribution in [3.63, 3.8) is 0 Å². The van der Waals surface area contributed by atoms with Gasteiger partial charge in [-0.05, 0) is 23.4 Å². The van der Waals surface area contributed by atoms with Crippen LogP contribution in [0.4, 0.5) is 0 Å². The first-order chi connectivity index (χ1) is 7.18.